The van der Waals surface area contributed by atoms with Crippen molar-refractivity contribution in [3.63, 3.8) is 0 Å². The van der Waals surface area contributed by atoms with Crippen LogP contribution in [0.15, 0.2) is 35.8 Å². The van der Waals surface area contributed by atoms with Crippen LogP contribution in [0.3, 0.4) is 0 Å². The predicted octanol–water partition coefficient (Wildman–Crippen LogP) is 2.49. The highest BCUT2D eigenvalue weighted by molar-refractivity contribution is 7.11. The summed E-state index contributed by atoms with van der Waals surface area (Å²) in [5, 5.41) is 2.87. The molecule has 1 N–H and O–H groups in total. The van der Waals surface area contributed by atoms with Crippen LogP contribution in [0.5, 0.6) is 0 Å². The standard InChI is InChI=1S/C15H16N2O3S/c1-10-14(21-9-16-10)15(19)17-12(8-13(18)20-2)11-6-4-3-5-7-11/h3-7,9,12H,8H2,1-2H3,(H,17,19)/t12-/m1/s1. The van der Waals surface area contributed by atoms with Crippen molar-refractivity contribution in [1.82, 2.24) is 10.3 Å². The number of esters is 1. The summed E-state index contributed by atoms with van der Waals surface area (Å²) in [5.74, 6) is -0.599. The number of thiazole rings is 1. The SMILES string of the molecule is COC(=O)C[C@@H](NC(=O)c1scnc1C)c1ccccc1. The largest absolute Gasteiger partial charge is 0.469 e. The fourth-order valence-electron chi connectivity index (χ4n) is 1.93. The summed E-state index contributed by atoms with van der Waals surface area (Å²) in [4.78, 5) is 28.5. The number of aromatic nitrogens is 1. The first-order chi connectivity index (χ1) is 10.1. The first-order valence-corrected chi connectivity index (χ1v) is 7.32. The summed E-state index contributed by atoms with van der Waals surface area (Å²) in [6, 6.07) is 8.93. The molecule has 2 rings (SSSR count). The fraction of sp³-hybridized carbons (Fsp3) is 0.267. The summed E-state index contributed by atoms with van der Waals surface area (Å²) in [6.45, 7) is 1.78. The lowest BCUT2D eigenvalue weighted by Crippen LogP contribution is -2.30. The number of nitrogens with zero attached hydrogens (tertiary/aromatic N) is 1. The number of benzene rings is 1. The molecular weight excluding hydrogens is 288 g/mol. The molecule has 0 bridgehead atoms. The maximum absolute atomic E-state index is 12.3. The number of hydrogen-bond acceptors (Lipinski definition) is 5. The molecule has 0 aliphatic rings. The Morgan fingerprint density at radius 2 is 2.05 bits per heavy atom. The minimum Gasteiger partial charge on any atom is -0.469 e. The van der Waals surface area contributed by atoms with Crippen LogP contribution in [-0.2, 0) is 9.53 Å². The second-order valence-electron chi connectivity index (χ2n) is 4.48. The van der Waals surface area contributed by atoms with Gasteiger partial charge in [-0.05, 0) is 12.5 Å². The molecule has 2 aromatic rings. The van der Waals surface area contributed by atoms with Crippen molar-refractivity contribution in [1.29, 1.82) is 0 Å². The van der Waals surface area contributed by atoms with Gasteiger partial charge in [-0.15, -0.1) is 11.3 Å². The molecular formula is C15H16N2O3S. The quantitative estimate of drug-likeness (QED) is 0.862. The van der Waals surface area contributed by atoms with E-state index in [2.05, 4.69) is 10.3 Å². The van der Waals surface area contributed by atoms with E-state index in [1.807, 2.05) is 30.3 Å². The van der Waals surface area contributed by atoms with Crippen LogP contribution in [0, 0.1) is 6.92 Å². The van der Waals surface area contributed by atoms with Crippen molar-refractivity contribution in [3.8, 4) is 0 Å². The molecule has 6 heteroatoms. The molecule has 0 saturated carbocycles. The first kappa shape index (κ1) is 15.2. The average molecular weight is 304 g/mol. The van der Waals surface area contributed by atoms with Crippen LogP contribution >= 0.6 is 11.3 Å². The number of amides is 1. The molecule has 1 atom stereocenters. The molecule has 0 radical (unpaired) electrons. The molecule has 21 heavy (non-hydrogen) atoms. The highest BCUT2D eigenvalue weighted by atomic mass is 32.1. The third kappa shape index (κ3) is 3.88. The Balaban J connectivity index is 2.18. The zero-order chi connectivity index (χ0) is 15.2. The van der Waals surface area contributed by atoms with Gasteiger partial charge in [-0.3, -0.25) is 9.59 Å². The van der Waals surface area contributed by atoms with Crippen LogP contribution in [-0.4, -0.2) is 24.0 Å². The Kier molecular flexibility index (Phi) is 5.05. The summed E-state index contributed by atoms with van der Waals surface area (Å²) in [5.41, 5.74) is 3.17. The van der Waals surface area contributed by atoms with Gasteiger partial charge in [0.05, 0.1) is 30.8 Å². The number of hydrogen-bond donors (Lipinski definition) is 1. The van der Waals surface area contributed by atoms with E-state index < -0.39 is 6.04 Å². The van der Waals surface area contributed by atoms with E-state index in [-0.39, 0.29) is 18.3 Å². The van der Waals surface area contributed by atoms with Gasteiger partial charge >= 0.3 is 5.97 Å². The van der Waals surface area contributed by atoms with Crippen LogP contribution in [0.1, 0.15) is 33.4 Å². The third-order valence-corrected chi connectivity index (χ3v) is 3.98. The fourth-order valence-corrected chi connectivity index (χ4v) is 2.64. The number of carbonyl (C=O) groups is 2. The molecule has 0 aliphatic heterocycles. The maximum atomic E-state index is 12.3. The van der Waals surface area contributed by atoms with Gasteiger partial charge in [0.15, 0.2) is 0 Å². The van der Waals surface area contributed by atoms with Crippen LogP contribution in [0.2, 0.25) is 0 Å². The van der Waals surface area contributed by atoms with E-state index in [0.717, 1.165) is 5.56 Å². The van der Waals surface area contributed by atoms with Crippen molar-refractivity contribution >= 4 is 23.2 Å². The molecule has 1 aromatic heterocycles. The molecule has 1 aromatic carbocycles. The van der Waals surface area contributed by atoms with E-state index in [4.69, 9.17) is 4.74 Å². The lowest BCUT2D eigenvalue weighted by Gasteiger charge is -2.17. The lowest BCUT2D eigenvalue weighted by atomic mass is 10.0. The van der Waals surface area contributed by atoms with Gasteiger partial charge in [0.2, 0.25) is 0 Å². The first-order valence-electron chi connectivity index (χ1n) is 6.44. The van der Waals surface area contributed by atoms with Gasteiger partial charge in [0, 0.05) is 0 Å². The molecule has 1 amide bonds. The molecule has 0 saturated heterocycles. The predicted molar refractivity (Wildman–Crippen MR) is 80.1 cm³/mol. The Hall–Kier alpha value is -2.21. The Morgan fingerprint density at radius 3 is 2.62 bits per heavy atom. The number of methoxy groups -OCH3 is 1. The van der Waals surface area contributed by atoms with Gasteiger partial charge in [-0.2, -0.15) is 0 Å². The van der Waals surface area contributed by atoms with Crippen LogP contribution in [0.4, 0.5) is 0 Å². The Bertz CT molecular complexity index is 625. The second-order valence-corrected chi connectivity index (χ2v) is 5.34. The van der Waals surface area contributed by atoms with Crippen molar-refractivity contribution in [3.05, 3.63) is 52.0 Å². The zero-order valence-corrected chi connectivity index (χ0v) is 12.6. The number of carbonyl (C=O) groups excluding carboxylic acids is 2. The number of aryl methyl sites for hydroxylation is 1. The van der Waals surface area contributed by atoms with E-state index in [9.17, 15) is 9.59 Å². The van der Waals surface area contributed by atoms with Gasteiger partial charge in [-0.1, -0.05) is 30.3 Å². The summed E-state index contributed by atoms with van der Waals surface area (Å²) in [7, 11) is 1.33. The monoisotopic (exact) mass is 304 g/mol. The lowest BCUT2D eigenvalue weighted by molar-refractivity contribution is -0.141. The smallest absolute Gasteiger partial charge is 0.307 e. The minimum atomic E-state index is -0.423. The number of nitrogens with one attached hydrogen (secondary N) is 1. The van der Waals surface area contributed by atoms with Crippen molar-refractivity contribution in [2.24, 2.45) is 0 Å². The van der Waals surface area contributed by atoms with E-state index in [1.54, 1.807) is 12.4 Å². The Morgan fingerprint density at radius 1 is 1.33 bits per heavy atom. The van der Waals surface area contributed by atoms with E-state index in [0.29, 0.717) is 10.6 Å². The minimum absolute atomic E-state index is 0.0874. The number of rotatable bonds is 5. The third-order valence-electron chi connectivity index (χ3n) is 3.06. The summed E-state index contributed by atoms with van der Waals surface area (Å²) >= 11 is 1.28. The molecule has 0 unspecified atom stereocenters. The Labute approximate surface area is 127 Å². The van der Waals surface area contributed by atoms with E-state index in [1.165, 1.54) is 18.4 Å². The number of ether oxygens (including phenoxy) is 1. The highest BCUT2D eigenvalue weighted by Crippen LogP contribution is 2.19. The van der Waals surface area contributed by atoms with Crippen LogP contribution < -0.4 is 5.32 Å². The van der Waals surface area contributed by atoms with Crippen molar-refractivity contribution in [2.45, 2.75) is 19.4 Å². The highest BCUT2D eigenvalue weighted by Gasteiger charge is 2.21. The molecule has 0 fully saturated rings. The normalized spacial score (nSPS) is 11.7. The van der Waals surface area contributed by atoms with Crippen molar-refractivity contribution in [2.75, 3.05) is 7.11 Å². The average Bonchev–Trinajstić information content (AvgIpc) is 2.93. The molecule has 0 spiro atoms. The van der Waals surface area contributed by atoms with E-state index >= 15 is 0 Å². The van der Waals surface area contributed by atoms with Gasteiger partial charge in [0.1, 0.15) is 4.88 Å². The molecule has 0 aliphatic carbocycles. The van der Waals surface area contributed by atoms with Gasteiger partial charge in [0.25, 0.3) is 5.91 Å². The van der Waals surface area contributed by atoms with Crippen molar-refractivity contribution < 1.29 is 14.3 Å². The molecule has 1 heterocycles. The summed E-state index contributed by atoms with van der Waals surface area (Å²) in [6.07, 6.45) is 0.0874. The van der Waals surface area contributed by atoms with Crippen LogP contribution in [0.25, 0.3) is 0 Å². The van der Waals surface area contributed by atoms with Gasteiger partial charge < -0.3 is 10.1 Å². The summed E-state index contributed by atoms with van der Waals surface area (Å²) < 4.78 is 4.70. The second kappa shape index (κ2) is 6.99. The van der Waals surface area contributed by atoms with Gasteiger partial charge in [-0.25, -0.2) is 4.98 Å². The maximum Gasteiger partial charge on any atom is 0.307 e. The topological polar surface area (TPSA) is 68.3 Å². The molecule has 110 valence electrons. The molecule has 5 nitrogen and oxygen atoms in total. The zero-order valence-electron chi connectivity index (χ0n) is 11.8.